The van der Waals surface area contributed by atoms with E-state index in [1.807, 2.05) is 6.92 Å². The van der Waals surface area contributed by atoms with Crippen molar-refractivity contribution in [3.05, 3.63) is 0 Å². The Morgan fingerprint density at radius 1 is 1.58 bits per heavy atom. The van der Waals surface area contributed by atoms with Crippen LogP contribution < -0.4 is 0 Å². The molecule has 0 spiro atoms. The van der Waals surface area contributed by atoms with Gasteiger partial charge in [0, 0.05) is 5.38 Å². The molecule has 72 valence electrons. The first-order valence-corrected chi connectivity index (χ1v) is 6.65. The molecule has 4 heteroatoms. The summed E-state index contributed by atoms with van der Waals surface area (Å²) >= 11 is 6.01. The summed E-state index contributed by atoms with van der Waals surface area (Å²) in [7, 11) is -2.77. The van der Waals surface area contributed by atoms with Gasteiger partial charge in [-0.15, -0.1) is 11.6 Å². The van der Waals surface area contributed by atoms with Crippen molar-refractivity contribution in [2.24, 2.45) is 5.92 Å². The molecule has 0 amide bonds. The van der Waals surface area contributed by atoms with Gasteiger partial charge in [0.1, 0.15) is 0 Å². The fourth-order valence-electron chi connectivity index (χ4n) is 1.68. The van der Waals surface area contributed by atoms with E-state index in [0.29, 0.717) is 11.5 Å². The Bertz CT molecular complexity index is 235. The van der Waals surface area contributed by atoms with Crippen LogP contribution in [0.2, 0.25) is 0 Å². The molecule has 0 radical (unpaired) electrons. The van der Waals surface area contributed by atoms with Crippen molar-refractivity contribution in [1.29, 1.82) is 0 Å². The zero-order valence-corrected chi connectivity index (χ0v) is 8.87. The van der Waals surface area contributed by atoms with Gasteiger partial charge < -0.3 is 0 Å². The predicted octanol–water partition coefficient (Wildman–Crippen LogP) is 1.83. The first kappa shape index (κ1) is 10.3. The molecule has 0 aliphatic carbocycles. The van der Waals surface area contributed by atoms with Crippen molar-refractivity contribution in [1.82, 2.24) is 0 Å². The lowest BCUT2D eigenvalue weighted by Gasteiger charge is -2.25. The maximum absolute atomic E-state index is 11.2. The summed E-state index contributed by atoms with van der Waals surface area (Å²) in [5.74, 6) is 0.849. The largest absolute Gasteiger partial charge is 0.229 e. The van der Waals surface area contributed by atoms with Crippen LogP contribution in [0.3, 0.4) is 0 Å². The fourth-order valence-corrected chi connectivity index (χ4v) is 3.82. The standard InChI is InChI=1S/C8H15ClO2S/c1-2-8(9)7-4-3-5-12(10,11)6-7/h7-8H,2-6H2,1H3. The predicted molar refractivity (Wildman–Crippen MR) is 51.3 cm³/mol. The minimum Gasteiger partial charge on any atom is -0.229 e. The molecule has 1 aliphatic rings. The van der Waals surface area contributed by atoms with Crippen LogP contribution in [0.15, 0.2) is 0 Å². The van der Waals surface area contributed by atoms with Gasteiger partial charge in [0.15, 0.2) is 9.84 Å². The zero-order valence-electron chi connectivity index (χ0n) is 7.29. The van der Waals surface area contributed by atoms with E-state index in [1.165, 1.54) is 0 Å². The molecule has 0 aromatic carbocycles. The van der Waals surface area contributed by atoms with Crippen LogP contribution in [0, 0.1) is 5.92 Å². The number of sulfone groups is 1. The van der Waals surface area contributed by atoms with Gasteiger partial charge in [-0.1, -0.05) is 6.92 Å². The third kappa shape index (κ3) is 2.63. The zero-order chi connectivity index (χ0) is 9.19. The highest BCUT2D eigenvalue weighted by Crippen LogP contribution is 2.26. The van der Waals surface area contributed by atoms with E-state index in [4.69, 9.17) is 11.6 Å². The fraction of sp³-hybridized carbons (Fsp3) is 1.00. The van der Waals surface area contributed by atoms with Crippen LogP contribution in [0.1, 0.15) is 26.2 Å². The molecule has 2 atom stereocenters. The molecular formula is C8H15ClO2S. The summed E-state index contributed by atoms with van der Waals surface area (Å²) in [6.07, 6.45) is 2.62. The summed E-state index contributed by atoms with van der Waals surface area (Å²) in [5, 5.41) is 0.0417. The molecule has 12 heavy (non-hydrogen) atoms. The van der Waals surface area contributed by atoms with Crippen LogP contribution >= 0.6 is 11.6 Å². The molecule has 0 aromatic heterocycles. The first-order chi connectivity index (χ1) is 5.55. The molecule has 0 saturated carbocycles. The summed E-state index contributed by atoms with van der Waals surface area (Å²) in [6, 6.07) is 0. The smallest absolute Gasteiger partial charge is 0.150 e. The third-order valence-electron chi connectivity index (χ3n) is 2.40. The third-order valence-corrected chi connectivity index (χ3v) is 4.91. The maximum Gasteiger partial charge on any atom is 0.150 e. The second-order valence-electron chi connectivity index (χ2n) is 3.44. The van der Waals surface area contributed by atoms with Gasteiger partial charge in [0.05, 0.1) is 11.5 Å². The lowest BCUT2D eigenvalue weighted by Crippen LogP contribution is -2.30. The molecule has 0 aromatic rings. The second kappa shape index (κ2) is 3.97. The number of hydrogen-bond donors (Lipinski definition) is 0. The molecule has 1 rings (SSSR count). The van der Waals surface area contributed by atoms with Gasteiger partial charge in [-0.3, -0.25) is 0 Å². The average molecular weight is 211 g/mol. The van der Waals surface area contributed by atoms with E-state index >= 15 is 0 Å². The highest BCUT2D eigenvalue weighted by atomic mass is 35.5. The van der Waals surface area contributed by atoms with Crippen molar-refractivity contribution in [3.63, 3.8) is 0 Å². The maximum atomic E-state index is 11.2. The van der Waals surface area contributed by atoms with E-state index in [9.17, 15) is 8.42 Å². The Morgan fingerprint density at radius 3 is 2.75 bits per heavy atom. The molecule has 1 saturated heterocycles. The Labute approximate surface area is 79.2 Å². The highest BCUT2D eigenvalue weighted by Gasteiger charge is 2.28. The van der Waals surface area contributed by atoms with Crippen molar-refractivity contribution in [2.75, 3.05) is 11.5 Å². The molecule has 1 fully saturated rings. The number of rotatable bonds is 2. The first-order valence-electron chi connectivity index (χ1n) is 4.39. The minimum absolute atomic E-state index is 0.0417. The molecule has 0 N–H and O–H groups in total. The van der Waals surface area contributed by atoms with E-state index in [0.717, 1.165) is 19.3 Å². The molecule has 2 unspecified atom stereocenters. The molecule has 2 nitrogen and oxygen atoms in total. The summed E-state index contributed by atoms with van der Waals surface area (Å²) in [4.78, 5) is 0. The Morgan fingerprint density at radius 2 is 2.25 bits per heavy atom. The van der Waals surface area contributed by atoms with Crippen LogP contribution in [0.25, 0.3) is 0 Å². The van der Waals surface area contributed by atoms with Gasteiger partial charge in [0.2, 0.25) is 0 Å². The van der Waals surface area contributed by atoms with Gasteiger partial charge in [-0.2, -0.15) is 0 Å². The van der Waals surface area contributed by atoms with Crippen molar-refractivity contribution >= 4 is 21.4 Å². The lowest BCUT2D eigenvalue weighted by atomic mass is 10.00. The second-order valence-corrected chi connectivity index (χ2v) is 6.23. The van der Waals surface area contributed by atoms with Crippen LogP contribution in [0.4, 0.5) is 0 Å². The lowest BCUT2D eigenvalue weighted by molar-refractivity contribution is 0.460. The minimum atomic E-state index is -2.77. The average Bonchev–Trinajstić information content (AvgIpc) is 2.01. The SMILES string of the molecule is CCC(Cl)C1CCCS(=O)(=O)C1. The quantitative estimate of drug-likeness (QED) is 0.652. The molecular weight excluding hydrogens is 196 g/mol. The highest BCUT2D eigenvalue weighted by molar-refractivity contribution is 7.91. The number of alkyl halides is 1. The van der Waals surface area contributed by atoms with Crippen molar-refractivity contribution < 1.29 is 8.42 Å². The van der Waals surface area contributed by atoms with Crippen LogP contribution in [-0.4, -0.2) is 25.3 Å². The Kier molecular flexibility index (Phi) is 3.41. The topological polar surface area (TPSA) is 34.1 Å². The Hall–Kier alpha value is 0.240. The van der Waals surface area contributed by atoms with Gasteiger partial charge in [-0.25, -0.2) is 8.42 Å². The Balaban J connectivity index is 2.58. The van der Waals surface area contributed by atoms with Gasteiger partial charge >= 0.3 is 0 Å². The van der Waals surface area contributed by atoms with E-state index in [-0.39, 0.29) is 11.3 Å². The summed E-state index contributed by atoms with van der Waals surface area (Å²) in [5.41, 5.74) is 0. The molecule has 0 bridgehead atoms. The van der Waals surface area contributed by atoms with E-state index in [2.05, 4.69) is 0 Å². The summed E-state index contributed by atoms with van der Waals surface area (Å²) < 4.78 is 22.4. The van der Waals surface area contributed by atoms with Gasteiger partial charge in [0.25, 0.3) is 0 Å². The van der Waals surface area contributed by atoms with Gasteiger partial charge in [-0.05, 0) is 25.2 Å². The van der Waals surface area contributed by atoms with E-state index < -0.39 is 9.84 Å². The van der Waals surface area contributed by atoms with Crippen molar-refractivity contribution in [3.8, 4) is 0 Å². The molecule has 1 aliphatic heterocycles. The summed E-state index contributed by atoms with van der Waals surface area (Å²) in [6.45, 7) is 2.00. The monoisotopic (exact) mass is 210 g/mol. The number of halogens is 1. The van der Waals surface area contributed by atoms with Crippen LogP contribution in [0.5, 0.6) is 0 Å². The normalized spacial score (nSPS) is 31.3. The van der Waals surface area contributed by atoms with Crippen molar-refractivity contribution in [2.45, 2.75) is 31.6 Å². The van der Waals surface area contributed by atoms with Crippen LogP contribution in [-0.2, 0) is 9.84 Å². The molecule has 1 heterocycles. The number of hydrogen-bond acceptors (Lipinski definition) is 2. The van der Waals surface area contributed by atoms with E-state index in [1.54, 1.807) is 0 Å².